The van der Waals surface area contributed by atoms with Crippen LogP contribution in [-0.4, -0.2) is 16.3 Å². The Morgan fingerprint density at radius 3 is 2.62 bits per heavy atom. The lowest BCUT2D eigenvalue weighted by Gasteiger charge is -2.10. The molecular formula is C26H18BrNO4. The number of aromatic nitrogens is 1. The number of rotatable bonds is 3. The molecule has 0 N–H and O–H groups in total. The molecule has 6 heteroatoms. The number of hydrogen-bond acceptors (Lipinski definition) is 4. The smallest absolute Gasteiger partial charge is 0.344 e. The fourth-order valence-corrected chi connectivity index (χ4v) is 4.34. The van der Waals surface area contributed by atoms with E-state index in [9.17, 15) is 9.59 Å². The van der Waals surface area contributed by atoms with Crippen LogP contribution in [0.15, 0.2) is 77.1 Å². The van der Waals surface area contributed by atoms with E-state index in [1.807, 2.05) is 48.1 Å². The summed E-state index contributed by atoms with van der Waals surface area (Å²) in [6.07, 6.45) is 3.73. The maximum Gasteiger partial charge on any atom is 0.344 e. The van der Waals surface area contributed by atoms with Gasteiger partial charge in [0.2, 0.25) is 5.78 Å². The monoisotopic (exact) mass is 487 g/mol. The summed E-state index contributed by atoms with van der Waals surface area (Å²) < 4.78 is 14.2. The molecule has 4 aromatic rings. The van der Waals surface area contributed by atoms with Gasteiger partial charge in [-0.1, -0.05) is 30.3 Å². The van der Waals surface area contributed by atoms with E-state index in [1.165, 1.54) is 0 Å². The Morgan fingerprint density at radius 2 is 1.81 bits per heavy atom. The summed E-state index contributed by atoms with van der Waals surface area (Å²) in [5.41, 5.74) is 3.44. The number of nitrogens with zero attached hydrogens (tertiary/aromatic N) is 1. The molecule has 158 valence electrons. The topological polar surface area (TPSA) is 57.5 Å². The summed E-state index contributed by atoms with van der Waals surface area (Å²) in [6.45, 7) is 1.77. The van der Waals surface area contributed by atoms with E-state index in [1.54, 1.807) is 43.3 Å². The van der Waals surface area contributed by atoms with Crippen molar-refractivity contribution in [1.82, 2.24) is 4.57 Å². The number of benzene rings is 3. The number of carbonyl (C=O) groups excluding carboxylic acids is 2. The van der Waals surface area contributed by atoms with Crippen LogP contribution in [0, 0.1) is 6.92 Å². The first-order valence-electron chi connectivity index (χ1n) is 10.0. The molecule has 5 nitrogen and oxygen atoms in total. The Bertz CT molecular complexity index is 1450. The van der Waals surface area contributed by atoms with E-state index in [0.717, 1.165) is 16.5 Å². The summed E-state index contributed by atoms with van der Waals surface area (Å²) >= 11 is 3.37. The second kappa shape index (κ2) is 7.80. The second-order valence-corrected chi connectivity index (χ2v) is 8.44. The van der Waals surface area contributed by atoms with Gasteiger partial charge >= 0.3 is 5.97 Å². The average Bonchev–Trinajstić information content (AvgIpc) is 3.28. The Labute approximate surface area is 193 Å². The number of aryl methyl sites for hydroxylation is 1. The van der Waals surface area contributed by atoms with Gasteiger partial charge in [-0.2, -0.15) is 0 Å². The van der Waals surface area contributed by atoms with Crippen LogP contribution in [0.3, 0.4) is 0 Å². The predicted molar refractivity (Wildman–Crippen MR) is 126 cm³/mol. The molecular weight excluding hydrogens is 470 g/mol. The van der Waals surface area contributed by atoms with Crippen LogP contribution in [0.5, 0.6) is 11.5 Å². The first kappa shape index (κ1) is 20.3. The highest BCUT2D eigenvalue weighted by Gasteiger charge is 2.31. The number of hydrogen-bond donors (Lipinski definition) is 0. The highest BCUT2D eigenvalue weighted by Crippen LogP contribution is 2.40. The number of ketones is 1. The predicted octanol–water partition coefficient (Wildman–Crippen LogP) is 6.08. The lowest BCUT2D eigenvalue weighted by atomic mass is 10.1. The van der Waals surface area contributed by atoms with Crippen LogP contribution in [0.25, 0.3) is 17.0 Å². The van der Waals surface area contributed by atoms with Crippen LogP contribution in [0.2, 0.25) is 0 Å². The van der Waals surface area contributed by atoms with Gasteiger partial charge in [0, 0.05) is 39.7 Å². The molecule has 5 rings (SSSR count). The summed E-state index contributed by atoms with van der Waals surface area (Å²) in [7, 11) is 1.96. The Hall–Kier alpha value is -3.64. The van der Waals surface area contributed by atoms with Crippen molar-refractivity contribution >= 4 is 44.7 Å². The zero-order chi connectivity index (χ0) is 22.4. The van der Waals surface area contributed by atoms with Gasteiger partial charge in [-0.3, -0.25) is 4.79 Å². The van der Waals surface area contributed by atoms with Crippen molar-refractivity contribution in [1.29, 1.82) is 0 Å². The molecule has 0 bridgehead atoms. The van der Waals surface area contributed by atoms with Gasteiger partial charge in [0.25, 0.3) is 0 Å². The highest BCUT2D eigenvalue weighted by molar-refractivity contribution is 9.10. The number of halogens is 1. The second-order valence-electron chi connectivity index (χ2n) is 7.59. The standard InChI is InChI=1S/C26H18BrNO4/c1-15-22(32-26(30)18-8-3-5-9-20(18)27)12-11-19-24(29)23(31-25(15)19)13-16-14-28(2)21-10-6-4-7-17(16)21/h3-14H,1-2H3/b23-13+. The number of carbonyl (C=O) groups is 2. The molecule has 0 fully saturated rings. The van der Waals surface area contributed by atoms with Crippen LogP contribution in [-0.2, 0) is 7.05 Å². The summed E-state index contributed by atoms with van der Waals surface area (Å²) in [5.74, 6) is 0.326. The minimum atomic E-state index is -0.489. The summed E-state index contributed by atoms with van der Waals surface area (Å²) in [4.78, 5) is 25.6. The van der Waals surface area contributed by atoms with E-state index in [0.29, 0.717) is 32.7 Å². The third-order valence-electron chi connectivity index (χ3n) is 5.55. The van der Waals surface area contributed by atoms with Crippen LogP contribution in [0.4, 0.5) is 0 Å². The summed E-state index contributed by atoms with van der Waals surface area (Å²) in [6, 6.07) is 18.3. The third-order valence-corrected chi connectivity index (χ3v) is 6.24. The van der Waals surface area contributed by atoms with Crippen molar-refractivity contribution < 1.29 is 19.1 Å². The first-order chi connectivity index (χ1) is 15.4. The number of allylic oxidation sites excluding steroid dienone is 1. The zero-order valence-electron chi connectivity index (χ0n) is 17.4. The molecule has 2 heterocycles. The van der Waals surface area contributed by atoms with Crippen molar-refractivity contribution in [2.45, 2.75) is 6.92 Å². The molecule has 0 spiro atoms. The van der Waals surface area contributed by atoms with Gasteiger partial charge in [-0.25, -0.2) is 4.79 Å². The average molecular weight is 488 g/mol. The minimum Gasteiger partial charge on any atom is -0.452 e. The number of ether oxygens (including phenoxy) is 2. The lowest BCUT2D eigenvalue weighted by molar-refractivity contribution is 0.0732. The zero-order valence-corrected chi connectivity index (χ0v) is 19.0. The van der Waals surface area contributed by atoms with Crippen LogP contribution < -0.4 is 9.47 Å². The van der Waals surface area contributed by atoms with Gasteiger partial charge in [0.15, 0.2) is 5.76 Å². The number of esters is 1. The van der Waals surface area contributed by atoms with Gasteiger partial charge in [-0.15, -0.1) is 0 Å². The Morgan fingerprint density at radius 1 is 1.06 bits per heavy atom. The molecule has 0 aliphatic carbocycles. The quantitative estimate of drug-likeness (QED) is 0.199. The molecule has 1 aromatic heterocycles. The van der Waals surface area contributed by atoms with Crippen molar-refractivity contribution in [2.75, 3.05) is 0 Å². The minimum absolute atomic E-state index is 0.195. The van der Waals surface area contributed by atoms with Gasteiger partial charge in [-0.05, 0) is 59.3 Å². The van der Waals surface area contributed by atoms with Crippen LogP contribution >= 0.6 is 15.9 Å². The molecule has 3 aromatic carbocycles. The maximum absolute atomic E-state index is 13.0. The highest BCUT2D eigenvalue weighted by atomic mass is 79.9. The van der Waals surface area contributed by atoms with Gasteiger partial charge < -0.3 is 14.0 Å². The SMILES string of the molecule is Cc1c(OC(=O)c2ccccc2Br)ccc2c1O/C(=C/c1cn(C)c3ccccc13)C2=O. The van der Waals surface area contributed by atoms with Crippen molar-refractivity contribution in [3.05, 3.63) is 99.3 Å². The molecule has 1 aliphatic heterocycles. The summed E-state index contributed by atoms with van der Waals surface area (Å²) in [5, 5.41) is 1.04. The van der Waals surface area contributed by atoms with Crippen molar-refractivity contribution in [3.8, 4) is 11.5 Å². The van der Waals surface area contributed by atoms with E-state index in [2.05, 4.69) is 15.9 Å². The molecule has 0 unspecified atom stereocenters. The first-order valence-corrected chi connectivity index (χ1v) is 10.8. The Balaban J connectivity index is 1.47. The molecule has 0 saturated heterocycles. The van der Waals surface area contributed by atoms with Crippen LogP contribution in [0.1, 0.15) is 31.8 Å². The molecule has 32 heavy (non-hydrogen) atoms. The fourth-order valence-electron chi connectivity index (χ4n) is 3.89. The number of fused-ring (bicyclic) bond motifs is 2. The molecule has 0 atom stereocenters. The van der Waals surface area contributed by atoms with E-state index < -0.39 is 5.97 Å². The van der Waals surface area contributed by atoms with Crippen molar-refractivity contribution in [3.63, 3.8) is 0 Å². The lowest BCUT2D eigenvalue weighted by Crippen LogP contribution is -2.10. The number of Topliss-reactive ketones (excluding diaryl/α,β-unsaturated/α-hetero) is 1. The normalized spacial score (nSPS) is 14.0. The van der Waals surface area contributed by atoms with Gasteiger partial charge in [0.05, 0.1) is 11.1 Å². The van der Waals surface area contributed by atoms with Gasteiger partial charge in [0.1, 0.15) is 11.5 Å². The third kappa shape index (κ3) is 3.33. The molecule has 0 saturated carbocycles. The van der Waals surface area contributed by atoms with E-state index in [4.69, 9.17) is 9.47 Å². The Kier molecular flexibility index (Phi) is 4.94. The number of para-hydroxylation sites is 1. The molecule has 0 radical (unpaired) electrons. The fraction of sp³-hybridized carbons (Fsp3) is 0.0769. The van der Waals surface area contributed by atoms with Crippen molar-refractivity contribution in [2.24, 2.45) is 7.05 Å². The largest absolute Gasteiger partial charge is 0.452 e. The van der Waals surface area contributed by atoms with E-state index in [-0.39, 0.29) is 11.5 Å². The van der Waals surface area contributed by atoms with E-state index >= 15 is 0 Å². The maximum atomic E-state index is 13.0. The molecule has 1 aliphatic rings. The molecule has 0 amide bonds.